The molecule has 4 nitrogen and oxygen atoms in total. The lowest BCUT2D eigenvalue weighted by molar-refractivity contribution is -0.142. The summed E-state index contributed by atoms with van der Waals surface area (Å²) in [5.41, 5.74) is 1.65. The van der Waals surface area contributed by atoms with Gasteiger partial charge in [0.2, 0.25) is 0 Å². The second-order valence-electron chi connectivity index (χ2n) is 3.69. The van der Waals surface area contributed by atoms with Gasteiger partial charge in [0.1, 0.15) is 0 Å². The first-order valence-corrected chi connectivity index (χ1v) is 4.85. The predicted octanol–water partition coefficient (Wildman–Crippen LogP) is 0.257. The summed E-state index contributed by atoms with van der Waals surface area (Å²) in [4.78, 5) is 11.4. The number of hydrogen-bond donors (Lipinski definition) is 1. The number of aliphatic hydroxyl groups is 1. The Kier molecular flexibility index (Phi) is 2.56. The number of hydrogen-bond acceptors (Lipinski definition) is 4. The second kappa shape index (κ2) is 3.71. The third kappa shape index (κ3) is 1.44. The van der Waals surface area contributed by atoms with Crippen molar-refractivity contribution in [3.8, 4) is 0 Å². The molecule has 1 N–H and O–H groups in total. The molecular formula is C10H14O4. The highest BCUT2D eigenvalue weighted by Gasteiger charge is 2.34. The normalized spacial score (nSPS) is 32.6. The van der Waals surface area contributed by atoms with Gasteiger partial charge in [-0.3, -0.25) is 0 Å². The van der Waals surface area contributed by atoms with Crippen LogP contribution in [0, 0.1) is 5.92 Å². The zero-order valence-electron chi connectivity index (χ0n) is 8.16. The smallest absolute Gasteiger partial charge is 0.336 e. The first kappa shape index (κ1) is 9.68. The van der Waals surface area contributed by atoms with Crippen molar-refractivity contribution in [3.05, 3.63) is 11.1 Å². The average Bonchev–Trinajstić information content (AvgIpc) is 2.18. The molecule has 14 heavy (non-hydrogen) atoms. The van der Waals surface area contributed by atoms with Crippen molar-refractivity contribution in [2.75, 3.05) is 19.8 Å². The molecule has 0 radical (unpaired) electrons. The van der Waals surface area contributed by atoms with Crippen LogP contribution in [0.3, 0.4) is 0 Å². The van der Waals surface area contributed by atoms with E-state index in [-0.39, 0.29) is 24.6 Å². The van der Waals surface area contributed by atoms with E-state index in [1.807, 2.05) is 6.92 Å². The molecule has 2 aliphatic rings. The standard InChI is InChI=1S/C10H14O4/c1-6-8(4-11)7-2-3-13-10(12)9(7)5-14-6/h6,8,11H,2-5H2,1H3/t6-,8-/m1/s1. The van der Waals surface area contributed by atoms with Crippen LogP contribution in [0.4, 0.5) is 0 Å². The molecule has 2 heterocycles. The third-order valence-electron chi connectivity index (χ3n) is 2.94. The number of rotatable bonds is 1. The van der Waals surface area contributed by atoms with Gasteiger partial charge in [-0.2, -0.15) is 0 Å². The molecule has 0 saturated heterocycles. The highest BCUT2D eigenvalue weighted by atomic mass is 16.5. The van der Waals surface area contributed by atoms with E-state index in [2.05, 4.69) is 0 Å². The Morgan fingerprint density at radius 2 is 2.36 bits per heavy atom. The van der Waals surface area contributed by atoms with Crippen LogP contribution < -0.4 is 0 Å². The number of cyclic esters (lactones) is 1. The Hall–Kier alpha value is -0.870. The molecule has 2 atom stereocenters. The van der Waals surface area contributed by atoms with Gasteiger partial charge in [-0.1, -0.05) is 0 Å². The van der Waals surface area contributed by atoms with Gasteiger partial charge in [0.05, 0.1) is 31.5 Å². The molecule has 2 aliphatic heterocycles. The predicted molar refractivity (Wildman–Crippen MR) is 48.6 cm³/mol. The van der Waals surface area contributed by atoms with Crippen LogP contribution in [-0.4, -0.2) is 37.0 Å². The summed E-state index contributed by atoms with van der Waals surface area (Å²) in [6, 6.07) is 0. The number of carbonyl (C=O) groups is 1. The number of ether oxygens (including phenoxy) is 2. The lowest BCUT2D eigenvalue weighted by atomic mass is 9.85. The van der Waals surface area contributed by atoms with Gasteiger partial charge in [-0.15, -0.1) is 0 Å². The molecule has 0 bridgehead atoms. The van der Waals surface area contributed by atoms with E-state index in [1.165, 1.54) is 0 Å². The molecule has 2 rings (SSSR count). The Morgan fingerprint density at radius 1 is 1.57 bits per heavy atom. The largest absolute Gasteiger partial charge is 0.462 e. The van der Waals surface area contributed by atoms with Gasteiger partial charge in [0.15, 0.2) is 0 Å². The highest BCUT2D eigenvalue weighted by molar-refractivity contribution is 5.90. The Morgan fingerprint density at radius 3 is 3.07 bits per heavy atom. The van der Waals surface area contributed by atoms with Gasteiger partial charge in [-0.05, 0) is 12.5 Å². The molecule has 0 spiro atoms. The van der Waals surface area contributed by atoms with Crippen molar-refractivity contribution in [1.29, 1.82) is 0 Å². The Labute approximate surface area is 82.5 Å². The summed E-state index contributed by atoms with van der Waals surface area (Å²) in [5, 5.41) is 9.22. The fraction of sp³-hybridized carbons (Fsp3) is 0.700. The fourth-order valence-corrected chi connectivity index (χ4v) is 2.06. The van der Waals surface area contributed by atoms with Crippen molar-refractivity contribution in [2.45, 2.75) is 19.4 Å². The van der Waals surface area contributed by atoms with Crippen LogP contribution in [0.1, 0.15) is 13.3 Å². The van der Waals surface area contributed by atoms with Crippen molar-refractivity contribution in [1.82, 2.24) is 0 Å². The van der Waals surface area contributed by atoms with Gasteiger partial charge < -0.3 is 14.6 Å². The van der Waals surface area contributed by atoms with Crippen molar-refractivity contribution < 1.29 is 19.4 Å². The van der Waals surface area contributed by atoms with Crippen molar-refractivity contribution in [3.63, 3.8) is 0 Å². The molecule has 0 unspecified atom stereocenters. The zero-order valence-corrected chi connectivity index (χ0v) is 8.16. The second-order valence-corrected chi connectivity index (χ2v) is 3.69. The molecule has 0 aliphatic carbocycles. The average molecular weight is 198 g/mol. The van der Waals surface area contributed by atoms with Crippen molar-refractivity contribution in [2.24, 2.45) is 5.92 Å². The molecule has 0 aromatic rings. The van der Waals surface area contributed by atoms with Crippen LogP contribution in [0.25, 0.3) is 0 Å². The quantitative estimate of drug-likeness (QED) is 0.614. The van der Waals surface area contributed by atoms with Crippen LogP contribution in [0.15, 0.2) is 11.1 Å². The van der Waals surface area contributed by atoms with Gasteiger partial charge >= 0.3 is 5.97 Å². The molecule has 0 saturated carbocycles. The SMILES string of the molecule is C[C@H]1OCC2=C(CCOC2=O)[C@@H]1CO. The van der Waals surface area contributed by atoms with E-state index in [9.17, 15) is 9.90 Å². The van der Waals surface area contributed by atoms with Crippen LogP contribution in [0.2, 0.25) is 0 Å². The van der Waals surface area contributed by atoms with Gasteiger partial charge in [0.25, 0.3) is 0 Å². The van der Waals surface area contributed by atoms with Crippen LogP contribution in [-0.2, 0) is 14.3 Å². The molecule has 78 valence electrons. The maximum Gasteiger partial charge on any atom is 0.336 e. The number of carbonyl (C=O) groups excluding carboxylic acids is 1. The fourth-order valence-electron chi connectivity index (χ4n) is 2.06. The number of aliphatic hydroxyl groups excluding tert-OH is 1. The summed E-state index contributed by atoms with van der Waals surface area (Å²) in [6.07, 6.45) is 0.727. The molecular weight excluding hydrogens is 184 g/mol. The van der Waals surface area contributed by atoms with E-state index in [0.717, 1.165) is 12.0 Å². The highest BCUT2D eigenvalue weighted by Crippen LogP contribution is 2.32. The minimum atomic E-state index is -0.281. The molecule has 0 amide bonds. The van der Waals surface area contributed by atoms with Gasteiger partial charge in [-0.25, -0.2) is 4.79 Å². The first-order chi connectivity index (χ1) is 6.74. The molecule has 0 aromatic carbocycles. The minimum Gasteiger partial charge on any atom is -0.462 e. The summed E-state index contributed by atoms with van der Waals surface area (Å²) in [7, 11) is 0. The maximum absolute atomic E-state index is 11.4. The number of esters is 1. The molecule has 0 aromatic heterocycles. The summed E-state index contributed by atoms with van der Waals surface area (Å²) in [5.74, 6) is -0.316. The zero-order chi connectivity index (χ0) is 10.1. The van der Waals surface area contributed by atoms with E-state index < -0.39 is 0 Å². The topological polar surface area (TPSA) is 55.8 Å². The van der Waals surface area contributed by atoms with E-state index in [0.29, 0.717) is 18.8 Å². The van der Waals surface area contributed by atoms with Gasteiger partial charge in [0, 0.05) is 12.3 Å². The summed E-state index contributed by atoms with van der Waals surface area (Å²) >= 11 is 0. The summed E-state index contributed by atoms with van der Waals surface area (Å²) in [6.45, 7) is 2.71. The monoisotopic (exact) mass is 198 g/mol. The van der Waals surface area contributed by atoms with E-state index >= 15 is 0 Å². The summed E-state index contributed by atoms with van der Waals surface area (Å²) < 4.78 is 10.3. The maximum atomic E-state index is 11.4. The molecule has 0 fully saturated rings. The first-order valence-electron chi connectivity index (χ1n) is 4.85. The van der Waals surface area contributed by atoms with Crippen LogP contribution >= 0.6 is 0 Å². The van der Waals surface area contributed by atoms with E-state index in [4.69, 9.17) is 9.47 Å². The molecule has 4 heteroatoms. The lowest BCUT2D eigenvalue weighted by Crippen LogP contribution is -2.37. The van der Waals surface area contributed by atoms with Crippen LogP contribution in [0.5, 0.6) is 0 Å². The third-order valence-corrected chi connectivity index (χ3v) is 2.94. The Balaban J connectivity index is 2.32. The minimum absolute atomic E-state index is 0.00958. The van der Waals surface area contributed by atoms with E-state index in [1.54, 1.807) is 0 Å². The lowest BCUT2D eigenvalue weighted by Gasteiger charge is -2.34. The Bertz CT molecular complexity index is 282. The van der Waals surface area contributed by atoms with Crippen molar-refractivity contribution >= 4 is 5.97 Å².